The van der Waals surface area contributed by atoms with Crippen molar-refractivity contribution in [3.05, 3.63) is 48.4 Å². The molecule has 1 aromatic heterocycles. The number of amides is 2. The lowest BCUT2D eigenvalue weighted by molar-refractivity contribution is -0.116. The maximum atomic E-state index is 11.9. The van der Waals surface area contributed by atoms with Gasteiger partial charge in [-0.05, 0) is 30.7 Å². The Labute approximate surface area is 128 Å². The van der Waals surface area contributed by atoms with E-state index in [0.717, 1.165) is 0 Å². The molecule has 0 aliphatic carbocycles. The zero-order chi connectivity index (χ0) is 15.8. The van der Waals surface area contributed by atoms with Crippen LogP contribution in [0.3, 0.4) is 0 Å². The molecule has 0 saturated carbocycles. The van der Waals surface area contributed by atoms with Crippen molar-refractivity contribution >= 4 is 17.5 Å². The highest BCUT2D eigenvalue weighted by Gasteiger charge is 2.09. The number of furan rings is 1. The first-order chi connectivity index (χ1) is 10.7. The van der Waals surface area contributed by atoms with Gasteiger partial charge in [-0.2, -0.15) is 0 Å². The lowest BCUT2D eigenvalue weighted by Crippen LogP contribution is -2.25. The van der Waals surface area contributed by atoms with Crippen LogP contribution in [0.15, 0.2) is 47.1 Å². The van der Waals surface area contributed by atoms with Crippen molar-refractivity contribution < 1.29 is 18.7 Å². The van der Waals surface area contributed by atoms with Crippen molar-refractivity contribution in [1.82, 2.24) is 5.32 Å². The minimum atomic E-state index is -0.282. The van der Waals surface area contributed by atoms with Gasteiger partial charge in [-0.1, -0.05) is 12.1 Å². The van der Waals surface area contributed by atoms with Crippen LogP contribution in [-0.4, -0.2) is 25.5 Å². The van der Waals surface area contributed by atoms with Gasteiger partial charge >= 0.3 is 0 Å². The molecule has 2 amide bonds. The summed E-state index contributed by atoms with van der Waals surface area (Å²) in [6, 6.07) is 10.4. The molecule has 2 rings (SSSR count). The number of methoxy groups -OCH3 is 1. The molecule has 1 aromatic carbocycles. The Morgan fingerprint density at radius 2 is 2.00 bits per heavy atom. The fourth-order valence-electron chi connectivity index (χ4n) is 1.91. The normalized spacial score (nSPS) is 10.0. The van der Waals surface area contributed by atoms with Gasteiger partial charge < -0.3 is 19.8 Å². The van der Waals surface area contributed by atoms with Crippen LogP contribution in [0.25, 0.3) is 0 Å². The monoisotopic (exact) mass is 302 g/mol. The van der Waals surface area contributed by atoms with Crippen molar-refractivity contribution in [1.29, 1.82) is 0 Å². The zero-order valence-electron chi connectivity index (χ0n) is 12.3. The van der Waals surface area contributed by atoms with Crippen LogP contribution in [-0.2, 0) is 4.79 Å². The van der Waals surface area contributed by atoms with Gasteiger partial charge in [-0.3, -0.25) is 9.59 Å². The molecule has 0 bridgehead atoms. The SMILES string of the molecule is COc1ccccc1NC(=O)CCCNC(=O)c1ccco1. The first-order valence-corrected chi connectivity index (χ1v) is 6.95. The fraction of sp³-hybridized carbons (Fsp3) is 0.250. The van der Waals surface area contributed by atoms with Gasteiger partial charge in [-0.25, -0.2) is 0 Å². The molecule has 0 aliphatic heterocycles. The van der Waals surface area contributed by atoms with Crippen molar-refractivity contribution in [2.75, 3.05) is 19.0 Å². The van der Waals surface area contributed by atoms with E-state index in [4.69, 9.17) is 9.15 Å². The summed E-state index contributed by atoms with van der Waals surface area (Å²) in [5.41, 5.74) is 0.634. The van der Waals surface area contributed by atoms with E-state index in [1.54, 1.807) is 31.4 Å². The van der Waals surface area contributed by atoms with Crippen LogP contribution >= 0.6 is 0 Å². The summed E-state index contributed by atoms with van der Waals surface area (Å²) in [6.07, 6.45) is 2.28. The molecule has 6 heteroatoms. The van der Waals surface area contributed by atoms with Crippen molar-refractivity contribution in [2.45, 2.75) is 12.8 Å². The fourth-order valence-corrected chi connectivity index (χ4v) is 1.91. The van der Waals surface area contributed by atoms with Crippen LogP contribution in [0.4, 0.5) is 5.69 Å². The van der Waals surface area contributed by atoms with Gasteiger partial charge in [0.2, 0.25) is 5.91 Å². The molecular formula is C16H18N2O4. The Kier molecular flexibility index (Phi) is 5.59. The topological polar surface area (TPSA) is 80.6 Å². The van der Waals surface area contributed by atoms with Crippen LogP contribution in [0.2, 0.25) is 0 Å². The molecule has 0 aliphatic rings. The third-order valence-electron chi connectivity index (χ3n) is 2.99. The third kappa shape index (κ3) is 4.37. The summed E-state index contributed by atoms with van der Waals surface area (Å²) in [5.74, 6) is 0.465. The van der Waals surface area contributed by atoms with Crippen LogP contribution in [0, 0.1) is 0 Å². The Morgan fingerprint density at radius 1 is 1.18 bits per heavy atom. The first-order valence-electron chi connectivity index (χ1n) is 6.95. The summed E-state index contributed by atoms with van der Waals surface area (Å²) in [7, 11) is 1.55. The number of para-hydroxylation sites is 2. The highest BCUT2D eigenvalue weighted by Crippen LogP contribution is 2.23. The number of rotatable bonds is 7. The smallest absolute Gasteiger partial charge is 0.286 e. The van der Waals surface area contributed by atoms with Gasteiger partial charge in [0.15, 0.2) is 5.76 Å². The first kappa shape index (κ1) is 15.6. The minimum absolute atomic E-state index is 0.128. The van der Waals surface area contributed by atoms with E-state index in [2.05, 4.69) is 10.6 Å². The molecule has 1 heterocycles. The quantitative estimate of drug-likeness (QED) is 0.770. The minimum Gasteiger partial charge on any atom is -0.495 e. The second kappa shape index (κ2) is 7.87. The van der Waals surface area contributed by atoms with Gasteiger partial charge in [0, 0.05) is 13.0 Å². The number of ether oxygens (including phenoxy) is 1. The second-order valence-electron chi connectivity index (χ2n) is 4.59. The highest BCUT2D eigenvalue weighted by atomic mass is 16.5. The van der Waals surface area contributed by atoms with Crippen LogP contribution in [0.1, 0.15) is 23.4 Å². The van der Waals surface area contributed by atoms with Gasteiger partial charge in [-0.15, -0.1) is 0 Å². The Morgan fingerprint density at radius 3 is 2.73 bits per heavy atom. The van der Waals surface area contributed by atoms with E-state index in [1.165, 1.54) is 6.26 Å². The van der Waals surface area contributed by atoms with Gasteiger partial charge in [0.05, 0.1) is 19.1 Å². The predicted molar refractivity (Wildman–Crippen MR) is 81.9 cm³/mol. The molecule has 0 atom stereocenters. The molecule has 6 nitrogen and oxygen atoms in total. The van der Waals surface area contributed by atoms with Gasteiger partial charge in [0.25, 0.3) is 5.91 Å². The molecule has 0 unspecified atom stereocenters. The summed E-state index contributed by atoms with van der Waals surface area (Å²) in [4.78, 5) is 23.5. The molecule has 0 spiro atoms. The average molecular weight is 302 g/mol. The maximum absolute atomic E-state index is 11.9. The molecule has 2 aromatic rings. The van der Waals surface area contributed by atoms with Crippen LogP contribution < -0.4 is 15.4 Å². The molecule has 0 radical (unpaired) electrons. The largest absolute Gasteiger partial charge is 0.495 e. The van der Waals surface area contributed by atoms with Crippen molar-refractivity contribution in [3.8, 4) is 5.75 Å². The molecule has 0 fully saturated rings. The van der Waals surface area contributed by atoms with E-state index in [-0.39, 0.29) is 17.6 Å². The number of nitrogens with one attached hydrogen (secondary N) is 2. The van der Waals surface area contributed by atoms with Crippen LogP contribution in [0.5, 0.6) is 5.75 Å². The number of benzene rings is 1. The van der Waals surface area contributed by atoms with Crippen molar-refractivity contribution in [3.63, 3.8) is 0 Å². The number of anilines is 1. The summed E-state index contributed by atoms with van der Waals surface area (Å²) in [6.45, 7) is 0.402. The molecule has 116 valence electrons. The van der Waals surface area contributed by atoms with E-state index in [1.807, 2.05) is 12.1 Å². The van der Waals surface area contributed by atoms with Gasteiger partial charge in [0.1, 0.15) is 5.75 Å². The second-order valence-corrected chi connectivity index (χ2v) is 4.59. The summed E-state index contributed by atoms with van der Waals surface area (Å²) >= 11 is 0. The van der Waals surface area contributed by atoms with E-state index in [0.29, 0.717) is 30.8 Å². The molecule has 22 heavy (non-hydrogen) atoms. The maximum Gasteiger partial charge on any atom is 0.286 e. The third-order valence-corrected chi connectivity index (χ3v) is 2.99. The number of hydrogen-bond acceptors (Lipinski definition) is 4. The lowest BCUT2D eigenvalue weighted by Gasteiger charge is -2.09. The standard InChI is InChI=1S/C16H18N2O4/c1-21-13-7-3-2-6-12(13)18-15(19)9-4-10-17-16(20)14-8-5-11-22-14/h2-3,5-8,11H,4,9-10H2,1H3,(H,17,20)(H,18,19). The Balaban J connectivity index is 1.71. The van der Waals surface area contributed by atoms with E-state index in [9.17, 15) is 9.59 Å². The molecule has 2 N–H and O–H groups in total. The van der Waals surface area contributed by atoms with Crippen molar-refractivity contribution in [2.24, 2.45) is 0 Å². The lowest BCUT2D eigenvalue weighted by atomic mass is 10.2. The zero-order valence-corrected chi connectivity index (χ0v) is 12.3. The predicted octanol–water partition coefficient (Wildman–Crippen LogP) is 2.44. The Hall–Kier alpha value is -2.76. The molecule has 0 saturated heterocycles. The van der Waals surface area contributed by atoms with E-state index >= 15 is 0 Å². The van der Waals surface area contributed by atoms with E-state index < -0.39 is 0 Å². The number of carbonyl (C=O) groups is 2. The Bertz CT molecular complexity index is 623. The average Bonchev–Trinajstić information content (AvgIpc) is 3.06. The molecular weight excluding hydrogens is 284 g/mol. The summed E-state index contributed by atoms with van der Waals surface area (Å²) < 4.78 is 10.1. The summed E-state index contributed by atoms with van der Waals surface area (Å²) in [5, 5.41) is 5.47. The highest BCUT2D eigenvalue weighted by molar-refractivity contribution is 5.92. The number of hydrogen-bond donors (Lipinski definition) is 2. The number of carbonyl (C=O) groups excluding carboxylic acids is 2.